The maximum Gasteiger partial charge on any atom is 0.514 e. The zero-order chi connectivity index (χ0) is 33.5. The molecule has 0 bridgehead atoms. The lowest BCUT2D eigenvalue weighted by Crippen LogP contribution is -2.29. The Bertz CT molecular complexity index is 999. The largest absolute Gasteiger partial charge is 0.514 e. The highest BCUT2D eigenvalue weighted by atomic mass is 35.5. The van der Waals surface area contributed by atoms with E-state index in [1.807, 2.05) is 0 Å². The van der Waals surface area contributed by atoms with Crippen LogP contribution in [0.25, 0.3) is 0 Å². The smallest absolute Gasteiger partial charge is 0.447 e. The Morgan fingerprint density at radius 3 is 1.80 bits per heavy atom. The number of carbonyl (C=O) groups is 3. The van der Waals surface area contributed by atoms with Crippen molar-refractivity contribution in [2.45, 2.75) is 25.7 Å². The molecule has 1 rings (SSSR count). The summed E-state index contributed by atoms with van der Waals surface area (Å²) in [6, 6.07) is 4.93. The molecule has 46 heavy (non-hydrogen) atoms. The van der Waals surface area contributed by atoms with Crippen molar-refractivity contribution in [2.24, 2.45) is 0 Å². The molecule has 17 heteroatoms. The first-order valence-electron chi connectivity index (χ1n) is 14.8. The minimum atomic E-state index is -0.992. The zero-order valence-electron chi connectivity index (χ0n) is 25.8. The normalized spacial score (nSPS) is 10.8. The maximum absolute atomic E-state index is 11.6. The Balaban J connectivity index is 1.83. The predicted octanol–water partition coefficient (Wildman–Crippen LogP) is 3.98. The number of benzene rings is 1. The monoisotopic (exact) mass is 677 g/mol. The molecular formula is C29H44ClN3O13. The number of nitro benzene ring substituents is 1. The molecule has 0 aliphatic carbocycles. The fourth-order valence-electron chi connectivity index (χ4n) is 3.18. The number of hydrogen-bond acceptors (Lipinski definition) is 13. The van der Waals surface area contributed by atoms with Crippen LogP contribution in [0.5, 0.6) is 5.75 Å². The number of alkyl halides is 1. The molecule has 0 saturated carbocycles. The Morgan fingerprint density at radius 2 is 1.20 bits per heavy atom. The van der Waals surface area contributed by atoms with Gasteiger partial charge in [-0.3, -0.25) is 10.1 Å². The number of carbonyl (C=O) groups excluding carboxylic acids is 3. The first-order valence-corrected chi connectivity index (χ1v) is 15.4. The van der Waals surface area contributed by atoms with Crippen molar-refractivity contribution >= 4 is 35.6 Å². The van der Waals surface area contributed by atoms with E-state index in [0.717, 1.165) is 25.7 Å². The van der Waals surface area contributed by atoms with E-state index in [0.29, 0.717) is 38.9 Å². The number of halogens is 1. The van der Waals surface area contributed by atoms with Gasteiger partial charge in [0.1, 0.15) is 25.6 Å². The minimum Gasteiger partial charge on any atom is -0.447 e. The summed E-state index contributed by atoms with van der Waals surface area (Å²) in [6.07, 6.45) is 5.01. The van der Waals surface area contributed by atoms with E-state index in [9.17, 15) is 24.5 Å². The van der Waals surface area contributed by atoms with Gasteiger partial charge in [-0.15, -0.1) is 11.6 Å². The van der Waals surface area contributed by atoms with Gasteiger partial charge < -0.3 is 48.5 Å². The van der Waals surface area contributed by atoms with Gasteiger partial charge in [0.15, 0.2) is 0 Å². The van der Waals surface area contributed by atoms with Gasteiger partial charge in [-0.1, -0.05) is 12.8 Å². The van der Waals surface area contributed by atoms with Crippen molar-refractivity contribution in [1.82, 2.24) is 10.6 Å². The fourth-order valence-corrected chi connectivity index (χ4v) is 3.37. The number of hydrogen-bond donors (Lipinski definition) is 2. The van der Waals surface area contributed by atoms with E-state index in [-0.39, 0.29) is 64.2 Å². The summed E-state index contributed by atoms with van der Waals surface area (Å²) in [5.74, 6) is 0.799. The SMILES string of the molecule is O=C(NCCOCCOCCOC(=O)NCCOCCOCCCCCCCl)OC/C=C\COC(=O)Oc1ccc([N+](=O)[O-])cc1. The van der Waals surface area contributed by atoms with Crippen LogP contribution >= 0.6 is 11.6 Å². The molecular weight excluding hydrogens is 634 g/mol. The standard InChI is InChI=1S/C29H44ClN3O13/c30-11-3-1-2-4-14-39-19-20-40-18-13-32-28(35)44-24-23-42-22-21-41-17-12-31-27(34)43-15-5-6-16-45-29(36)46-26-9-7-25(8-10-26)33(37)38/h5-10H,1-4,11-24H2,(H,31,34)(H,32,35)/b6-5-. The topological polar surface area (TPSA) is 192 Å². The summed E-state index contributed by atoms with van der Waals surface area (Å²) in [4.78, 5) is 44.9. The number of alkyl carbamates (subject to hydrolysis) is 2. The van der Waals surface area contributed by atoms with E-state index in [1.54, 1.807) is 0 Å². The molecule has 0 aliphatic heterocycles. The number of amides is 2. The second kappa shape index (κ2) is 28.8. The third-order valence-electron chi connectivity index (χ3n) is 5.43. The highest BCUT2D eigenvalue weighted by Crippen LogP contribution is 2.17. The highest BCUT2D eigenvalue weighted by molar-refractivity contribution is 6.17. The van der Waals surface area contributed by atoms with Crippen LogP contribution in [-0.2, 0) is 33.2 Å². The van der Waals surface area contributed by atoms with Gasteiger partial charge in [-0.2, -0.15) is 0 Å². The summed E-state index contributed by atoms with van der Waals surface area (Å²) < 4.78 is 41.1. The van der Waals surface area contributed by atoms with Crippen LogP contribution < -0.4 is 15.4 Å². The zero-order valence-corrected chi connectivity index (χ0v) is 26.6. The second-order valence-corrected chi connectivity index (χ2v) is 9.40. The van der Waals surface area contributed by atoms with Crippen molar-refractivity contribution in [1.29, 1.82) is 0 Å². The molecule has 0 fully saturated rings. The van der Waals surface area contributed by atoms with E-state index < -0.39 is 23.3 Å². The molecule has 0 aliphatic rings. The molecule has 260 valence electrons. The summed E-state index contributed by atoms with van der Waals surface area (Å²) in [5, 5.41) is 15.7. The van der Waals surface area contributed by atoms with Crippen LogP contribution in [-0.4, -0.2) is 115 Å². The third kappa shape index (κ3) is 24.6. The van der Waals surface area contributed by atoms with Gasteiger partial charge in [-0.25, -0.2) is 14.4 Å². The van der Waals surface area contributed by atoms with Crippen molar-refractivity contribution in [2.75, 3.05) is 91.6 Å². The molecule has 1 aromatic rings. The van der Waals surface area contributed by atoms with Gasteiger partial charge >= 0.3 is 18.3 Å². The number of unbranched alkanes of at least 4 members (excludes halogenated alkanes) is 3. The van der Waals surface area contributed by atoms with E-state index in [2.05, 4.69) is 10.6 Å². The number of nitrogens with one attached hydrogen (secondary N) is 2. The first kappa shape index (κ1) is 40.3. The Morgan fingerprint density at radius 1 is 0.674 bits per heavy atom. The van der Waals surface area contributed by atoms with Crippen LogP contribution in [0.2, 0.25) is 0 Å². The Hall–Kier alpha value is -3.70. The molecule has 0 aromatic heterocycles. The average molecular weight is 678 g/mol. The van der Waals surface area contributed by atoms with Gasteiger partial charge in [0.2, 0.25) is 0 Å². The van der Waals surface area contributed by atoms with Gasteiger partial charge in [0, 0.05) is 37.7 Å². The van der Waals surface area contributed by atoms with Crippen LogP contribution in [0.1, 0.15) is 25.7 Å². The van der Waals surface area contributed by atoms with Crippen LogP contribution in [0.4, 0.5) is 20.1 Å². The Kier molecular flexibility index (Phi) is 25.2. The van der Waals surface area contributed by atoms with Crippen LogP contribution in [0.15, 0.2) is 36.4 Å². The molecule has 2 N–H and O–H groups in total. The van der Waals surface area contributed by atoms with Crippen molar-refractivity contribution in [3.05, 3.63) is 46.5 Å². The highest BCUT2D eigenvalue weighted by Gasteiger charge is 2.08. The number of ether oxygens (including phenoxy) is 8. The average Bonchev–Trinajstić information content (AvgIpc) is 3.04. The van der Waals surface area contributed by atoms with Gasteiger partial charge in [0.05, 0.1) is 51.2 Å². The molecule has 0 spiro atoms. The molecule has 2 amide bonds. The molecule has 0 unspecified atom stereocenters. The molecule has 0 saturated heterocycles. The van der Waals surface area contributed by atoms with Gasteiger partial charge in [-0.05, 0) is 37.1 Å². The van der Waals surface area contributed by atoms with Crippen LogP contribution in [0, 0.1) is 10.1 Å². The van der Waals surface area contributed by atoms with Gasteiger partial charge in [0.25, 0.3) is 5.69 Å². The fraction of sp³-hybridized carbons (Fsp3) is 0.621. The Labute approximate surface area is 273 Å². The number of non-ortho nitro benzene ring substituents is 1. The second-order valence-electron chi connectivity index (χ2n) is 9.03. The van der Waals surface area contributed by atoms with Crippen molar-refractivity contribution in [3.63, 3.8) is 0 Å². The number of nitrogens with zero attached hydrogens (tertiary/aromatic N) is 1. The lowest BCUT2D eigenvalue weighted by atomic mass is 10.2. The minimum absolute atomic E-state index is 0.0543. The summed E-state index contributed by atoms with van der Waals surface area (Å²) in [7, 11) is 0. The maximum atomic E-state index is 11.6. The molecule has 0 heterocycles. The van der Waals surface area contributed by atoms with Crippen molar-refractivity contribution in [3.8, 4) is 5.75 Å². The van der Waals surface area contributed by atoms with E-state index in [1.165, 1.54) is 36.4 Å². The molecule has 1 aromatic carbocycles. The van der Waals surface area contributed by atoms with Crippen molar-refractivity contribution < 1.29 is 57.2 Å². The molecule has 0 radical (unpaired) electrons. The van der Waals surface area contributed by atoms with E-state index >= 15 is 0 Å². The summed E-state index contributed by atoms with van der Waals surface area (Å²) in [5.41, 5.74) is -0.135. The summed E-state index contributed by atoms with van der Waals surface area (Å²) >= 11 is 5.63. The summed E-state index contributed by atoms with van der Waals surface area (Å²) in [6.45, 7) is 3.51. The third-order valence-corrected chi connectivity index (χ3v) is 5.70. The van der Waals surface area contributed by atoms with E-state index in [4.69, 9.17) is 49.5 Å². The lowest BCUT2D eigenvalue weighted by Gasteiger charge is -2.09. The quantitative estimate of drug-likeness (QED) is 0.0199. The molecule has 0 atom stereocenters. The molecule has 16 nitrogen and oxygen atoms in total. The van der Waals surface area contributed by atoms with Crippen LogP contribution in [0.3, 0.4) is 0 Å². The predicted molar refractivity (Wildman–Crippen MR) is 165 cm³/mol. The number of rotatable bonds is 27. The number of nitro groups is 1. The lowest BCUT2D eigenvalue weighted by molar-refractivity contribution is -0.384. The first-order chi connectivity index (χ1) is 22.4.